The number of carbonyl (C=O) groups excluding carboxylic acids is 2. The average Bonchev–Trinajstić information content (AvgIpc) is 2.58. The monoisotopic (exact) mass is 315 g/mol. The third-order valence-electron chi connectivity index (χ3n) is 5.55. The number of hydrogen-bond donors (Lipinski definition) is 0. The number of esters is 1. The minimum absolute atomic E-state index is 0.155. The molecule has 1 amide bonds. The molecule has 124 valence electrons. The van der Waals surface area contributed by atoms with Gasteiger partial charge in [0.05, 0.1) is 13.0 Å². The van der Waals surface area contributed by atoms with Crippen molar-refractivity contribution in [2.45, 2.75) is 45.1 Å². The Labute approximate surface area is 137 Å². The lowest BCUT2D eigenvalue weighted by Crippen LogP contribution is -2.53. The Kier molecular flexibility index (Phi) is 4.69. The molecule has 23 heavy (non-hydrogen) atoms. The molecule has 1 aliphatic carbocycles. The largest absolute Gasteiger partial charge is 0.469 e. The van der Waals surface area contributed by atoms with Gasteiger partial charge in [0.15, 0.2) is 0 Å². The van der Waals surface area contributed by atoms with Gasteiger partial charge in [-0.15, -0.1) is 0 Å². The van der Waals surface area contributed by atoms with E-state index in [0.29, 0.717) is 19.5 Å². The van der Waals surface area contributed by atoms with Gasteiger partial charge < -0.3 is 9.64 Å². The van der Waals surface area contributed by atoms with Crippen molar-refractivity contribution >= 4 is 11.9 Å². The first-order valence-electron chi connectivity index (χ1n) is 8.54. The summed E-state index contributed by atoms with van der Waals surface area (Å²) in [4.78, 5) is 26.9. The van der Waals surface area contributed by atoms with E-state index in [1.54, 1.807) is 0 Å². The van der Waals surface area contributed by atoms with Crippen LogP contribution in [-0.2, 0) is 20.9 Å². The Morgan fingerprint density at radius 1 is 1.22 bits per heavy atom. The Morgan fingerprint density at radius 3 is 2.57 bits per heavy atom. The first kappa shape index (κ1) is 16.0. The summed E-state index contributed by atoms with van der Waals surface area (Å²) >= 11 is 0. The standard InChI is InChI=1S/C19H25NO3/c1-23-18(22)16-14-20(13-15-8-4-2-5-9-15)17(21)12-19(16)10-6-3-7-11-19/h2,4-5,8-9,16H,3,6-7,10-14H2,1H3. The van der Waals surface area contributed by atoms with E-state index in [1.165, 1.54) is 13.5 Å². The number of hydrogen-bond acceptors (Lipinski definition) is 3. The van der Waals surface area contributed by atoms with Crippen molar-refractivity contribution in [1.82, 2.24) is 4.90 Å². The van der Waals surface area contributed by atoms with Crippen LogP contribution in [0.2, 0.25) is 0 Å². The Morgan fingerprint density at radius 2 is 1.91 bits per heavy atom. The Balaban J connectivity index is 1.80. The summed E-state index contributed by atoms with van der Waals surface area (Å²) in [6.07, 6.45) is 5.85. The van der Waals surface area contributed by atoms with Crippen LogP contribution < -0.4 is 0 Å². The van der Waals surface area contributed by atoms with Crippen LogP contribution >= 0.6 is 0 Å². The van der Waals surface area contributed by atoms with E-state index < -0.39 is 0 Å². The number of ether oxygens (including phenoxy) is 1. The molecule has 1 atom stereocenters. The van der Waals surface area contributed by atoms with E-state index in [1.807, 2.05) is 35.2 Å². The second-order valence-corrected chi connectivity index (χ2v) is 6.94. The molecule has 0 N–H and O–H groups in total. The van der Waals surface area contributed by atoms with E-state index in [4.69, 9.17) is 4.74 Å². The van der Waals surface area contributed by atoms with E-state index in [2.05, 4.69) is 0 Å². The molecular weight excluding hydrogens is 290 g/mol. The summed E-state index contributed by atoms with van der Waals surface area (Å²) < 4.78 is 5.07. The molecule has 0 radical (unpaired) electrons. The summed E-state index contributed by atoms with van der Waals surface area (Å²) in [5, 5.41) is 0. The van der Waals surface area contributed by atoms with Gasteiger partial charge in [-0.05, 0) is 23.8 Å². The van der Waals surface area contributed by atoms with Crippen LogP contribution in [-0.4, -0.2) is 30.4 Å². The van der Waals surface area contributed by atoms with Gasteiger partial charge in [-0.1, -0.05) is 49.6 Å². The Hall–Kier alpha value is -1.84. The minimum Gasteiger partial charge on any atom is -0.469 e. The molecule has 1 aliphatic heterocycles. The molecule has 1 saturated heterocycles. The van der Waals surface area contributed by atoms with Gasteiger partial charge in [-0.25, -0.2) is 0 Å². The molecular formula is C19H25NO3. The molecule has 0 aromatic heterocycles. The number of methoxy groups -OCH3 is 1. The van der Waals surface area contributed by atoms with Crippen molar-refractivity contribution in [2.75, 3.05) is 13.7 Å². The highest BCUT2D eigenvalue weighted by Gasteiger charge is 2.50. The van der Waals surface area contributed by atoms with Gasteiger partial charge in [0.2, 0.25) is 5.91 Å². The van der Waals surface area contributed by atoms with Gasteiger partial charge in [0.1, 0.15) is 0 Å². The highest BCUT2D eigenvalue weighted by atomic mass is 16.5. The van der Waals surface area contributed by atoms with Crippen LogP contribution in [0.15, 0.2) is 30.3 Å². The zero-order valence-electron chi connectivity index (χ0n) is 13.8. The topological polar surface area (TPSA) is 46.6 Å². The molecule has 1 unspecified atom stereocenters. The predicted molar refractivity (Wildman–Crippen MR) is 87.5 cm³/mol. The first-order valence-corrected chi connectivity index (χ1v) is 8.54. The molecule has 0 bridgehead atoms. The van der Waals surface area contributed by atoms with Crippen molar-refractivity contribution < 1.29 is 14.3 Å². The van der Waals surface area contributed by atoms with Gasteiger partial charge in [-0.3, -0.25) is 9.59 Å². The fraction of sp³-hybridized carbons (Fsp3) is 0.579. The molecule has 2 aliphatic rings. The summed E-state index contributed by atoms with van der Waals surface area (Å²) in [5.41, 5.74) is 0.930. The summed E-state index contributed by atoms with van der Waals surface area (Å²) in [7, 11) is 1.46. The van der Waals surface area contributed by atoms with E-state index in [-0.39, 0.29) is 23.2 Å². The molecule has 1 spiro atoms. The summed E-state index contributed by atoms with van der Waals surface area (Å²) in [6.45, 7) is 1.06. The summed E-state index contributed by atoms with van der Waals surface area (Å²) in [5.74, 6) is -0.164. The number of piperidine rings is 1. The van der Waals surface area contributed by atoms with Crippen molar-refractivity contribution in [3.63, 3.8) is 0 Å². The predicted octanol–water partition coefficient (Wildman–Crippen LogP) is 3.16. The number of rotatable bonds is 3. The molecule has 1 aromatic carbocycles. The van der Waals surface area contributed by atoms with Gasteiger partial charge >= 0.3 is 5.97 Å². The minimum atomic E-state index is -0.186. The van der Waals surface area contributed by atoms with Crippen LogP contribution in [0, 0.1) is 11.3 Å². The second kappa shape index (κ2) is 6.73. The Bertz CT molecular complexity index is 563. The third kappa shape index (κ3) is 3.26. The second-order valence-electron chi connectivity index (χ2n) is 6.94. The average molecular weight is 315 g/mol. The molecule has 1 heterocycles. The van der Waals surface area contributed by atoms with E-state index in [9.17, 15) is 9.59 Å². The fourth-order valence-corrected chi connectivity index (χ4v) is 4.26. The SMILES string of the molecule is COC(=O)C1CN(Cc2ccccc2)C(=O)CC12CCCCC2. The summed E-state index contributed by atoms with van der Waals surface area (Å²) in [6, 6.07) is 9.96. The third-order valence-corrected chi connectivity index (χ3v) is 5.55. The van der Waals surface area contributed by atoms with Gasteiger partial charge in [0.25, 0.3) is 0 Å². The van der Waals surface area contributed by atoms with E-state index in [0.717, 1.165) is 31.2 Å². The maximum atomic E-state index is 12.7. The molecule has 2 fully saturated rings. The zero-order valence-corrected chi connectivity index (χ0v) is 13.8. The highest BCUT2D eigenvalue weighted by Crippen LogP contribution is 2.49. The van der Waals surface area contributed by atoms with Crippen molar-refractivity contribution in [3.05, 3.63) is 35.9 Å². The van der Waals surface area contributed by atoms with Crippen molar-refractivity contribution in [1.29, 1.82) is 0 Å². The van der Waals surface area contributed by atoms with Crippen LogP contribution in [0.25, 0.3) is 0 Å². The molecule has 1 saturated carbocycles. The maximum absolute atomic E-state index is 12.7. The van der Waals surface area contributed by atoms with Crippen LogP contribution in [0.4, 0.5) is 0 Å². The number of likely N-dealkylation sites (tertiary alicyclic amines) is 1. The molecule has 1 aromatic rings. The number of carbonyl (C=O) groups is 2. The van der Waals surface area contributed by atoms with Crippen molar-refractivity contribution in [3.8, 4) is 0 Å². The zero-order chi connectivity index (χ0) is 16.3. The number of benzene rings is 1. The normalized spacial score (nSPS) is 23.8. The first-order chi connectivity index (χ1) is 11.1. The number of nitrogens with zero attached hydrogens (tertiary/aromatic N) is 1. The van der Waals surface area contributed by atoms with Gasteiger partial charge in [0, 0.05) is 19.5 Å². The lowest BCUT2D eigenvalue weighted by Gasteiger charge is -2.48. The maximum Gasteiger partial charge on any atom is 0.311 e. The molecule has 3 rings (SSSR count). The van der Waals surface area contributed by atoms with Crippen LogP contribution in [0.5, 0.6) is 0 Å². The molecule has 4 heteroatoms. The smallest absolute Gasteiger partial charge is 0.311 e. The lowest BCUT2D eigenvalue weighted by atomic mass is 9.62. The number of amides is 1. The molecule has 4 nitrogen and oxygen atoms in total. The van der Waals surface area contributed by atoms with Crippen LogP contribution in [0.1, 0.15) is 44.1 Å². The highest BCUT2D eigenvalue weighted by molar-refractivity contribution is 5.83. The quantitative estimate of drug-likeness (QED) is 0.805. The van der Waals surface area contributed by atoms with E-state index >= 15 is 0 Å². The fourth-order valence-electron chi connectivity index (χ4n) is 4.26. The van der Waals surface area contributed by atoms with Gasteiger partial charge in [-0.2, -0.15) is 0 Å². The lowest BCUT2D eigenvalue weighted by molar-refractivity contribution is -0.162. The van der Waals surface area contributed by atoms with Crippen LogP contribution in [0.3, 0.4) is 0 Å². The van der Waals surface area contributed by atoms with Crippen molar-refractivity contribution in [2.24, 2.45) is 11.3 Å².